The fourth-order valence-electron chi connectivity index (χ4n) is 2.74. The lowest BCUT2D eigenvalue weighted by Gasteiger charge is -2.12. The molecule has 8 heteroatoms. The zero-order valence-electron chi connectivity index (χ0n) is 14.6. The Morgan fingerprint density at radius 2 is 1.92 bits per heavy atom. The minimum Gasteiger partial charge on any atom is -0.372 e. The number of anilines is 2. The number of benzene rings is 2. The van der Waals surface area contributed by atoms with Gasteiger partial charge in [-0.2, -0.15) is 5.10 Å². The van der Waals surface area contributed by atoms with Gasteiger partial charge in [0.25, 0.3) is 11.6 Å². The molecule has 3 rings (SSSR count). The van der Waals surface area contributed by atoms with Gasteiger partial charge in [-0.1, -0.05) is 24.3 Å². The first-order chi connectivity index (χ1) is 12.4. The first-order valence-electron chi connectivity index (χ1n) is 7.84. The van der Waals surface area contributed by atoms with Gasteiger partial charge in [0.15, 0.2) is 5.71 Å². The highest BCUT2D eigenvalue weighted by Gasteiger charge is 2.31. The Morgan fingerprint density at radius 3 is 2.62 bits per heavy atom. The van der Waals surface area contributed by atoms with Crippen molar-refractivity contribution in [2.24, 2.45) is 10.2 Å². The average molecular weight is 351 g/mol. The zero-order valence-corrected chi connectivity index (χ0v) is 14.6. The van der Waals surface area contributed by atoms with Crippen LogP contribution >= 0.6 is 0 Å². The molecule has 1 aliphatic rings. The van der Waals surface area contributed by atoms with Crippen LogP contribution in [0, 0.1) is 10.1 Å². The molecular weight excluding hydrogens is 334 g/mol. The molecule has 0 aromatic heterocycles. The molecule has 0 radical (unpaired) electrons. The number of rotatable bonds is 4. The third kappa shape index (κ3) is 3.04. The molecule has 0 saturated heterocycles. The van der Waals surface area contributed by atoms with E-state index in [0.29, 0.717) is 16.8 Å². The summed E-state index contributed by atoms with van der Waals surface area (Å²) in [6, 6.07) is 12.1. The number of carbonyl (C=O) groups excluding carboxylic acids is 1. The highest BCUT2D eigenvalue weighted by molar-refractivity contribution is 6.54. The summed E-state index contributed by atoms with van der Waals surface area (Å²) in [5, 5.41) is 19.2. The molecule has 0 unspecified atom stereocenters. The molecule has 0 saturated carbocycles. The van der Waals surface area contributed by atoms with Crippen LogP contribution in [-0.4, -0.2) is 43.9 Å². The van der Waals surface area contributed by atoms with Gasteiger partial charge in [0.1, 0.15) is 5.69 Å². The molecule has 0 atom stereocenters. The van der Waals surface area contributed by atoms with Crippen molar-refractivity contribution in [3.05, 3.63) is 63.7 Å². The van der Waals surface area contributed by atoms with Crippen molar-refractivity contribution in [1.29, 1.82) is 0 Å². The maximum Gasteiger partial charge on any atom is 0.293 e. The van der Waals surface area contributed by atoms with E-state index < -0.39 is 4.92 Å². The molecule has 8 nitrogen and oxygen atoms in total. The van der Waals surface area contributed by atoms with Crippen molar-refractivity contribution in [2.75, 3.05) is 30.9 Å². The van der Waals surface area contributed by atoms with Gasteiger partial charge in [0, 0.05) is 38.3 Å². The Hall–Kier alpha value is -3.55. The van der Waals surface area contributed by atoms with Crippen LogP contribution in [0.5, 0.6) is 0 Å². The topological polar surface area (TPSA) is 91.4 Å². The Bertz CT molecular complexity index is 950. The molecule has 0 bridgehead atoms. The maximum atomic E-state index is 12.3. The molecule has 0 fully saturated rings. The lowest BCUT2D eigenvalue weighted by molar-refractivity contribution is -0.384. The number of hydrogen-bond donors (Lipinski definition) is 0. The van der Waals surface area contributed by atoms with E-state index in [2.05, 4.69) is 10.2 Å². The smallest absolute Gasteiger partial charge is 0.293 e. The molecule has 2 aromatic rings. The summed E-state index contributed by atoms with van der Waals surface area (Å²) >= 11 is 0. The SMILES string of the molecule is CN(C)c1ccc(/C=N\N=C2\C(=O)N(C)c3ccccc32)cc1[N+](=O)[O-]. The number of nitrogens with zero attached hydrogens (tertiary/aromatic N) is 5. The van der Waals surface area contributed by atoms with Gasteiger partial charge in [-0.25, -0.2) is 0 Å². The molecule has 0 aliphatic carbocycles. The van der Waals surface area contributed by atoms with Crippen LogP contribution in [0.3, 0.4) is 0 Å². The molecule has 1 aliphatic heterocycles. The number of nitro benzene ring substituents is 1. The monoisotopic (exact) mass is 351 g/mol. The number of hydrogen-bond acceptors (Lipinski definition) is 6. The third-order valence-electron chi connectivity index (χ3n) is 4.07. The second kappa shape index (κ2) is 6.75. The van der Waals surface area contributed by atoms with E-state index in [0.717, 1.165) is 5.69 Å². The van der Waals surface area contributed by atoms with E-state index in [1.165, 1.54) is 17.2 Å². The van der Waals surface area contributed by atoms with Crippen LogP contribution in [0.2, 0.25) is 0 Å². The standard InChI is InChI=1S/C18H17N5O3/c1-21(2)15-9-8-12(10-16(15)23(25)26)11-19-20-17-13-6-4-5-7-14(13)22(3)18(17)24/h4-11H,1-3H3/b19-11-,20-17+. The summed E-state index contributed by atoms with van der Waals surface area (Å²) < 4.78 is 0. The van der Waals surface area contributed by atoms with Crippen LogP contribution in [0.25, 0.3) is 0 Å². The average Bonchev–Trinajstić information content (AvgIpc) is 2.86. The predicted octanol–water partition coefficient (Wildman–Crippen LogP) is 2.46. The lowest BCUT2D eigenvalue weighted by Crippen LogP contribution is -2.25. The molecule has 26 heavy (non-hydrogen) atoms. The van der Waals surface area contributed by atoms with Crippen LogP contribution in [-0.2, 0) is 4.79 Å². The number of para-hydroxylation sites is 1. The lowest BCUT2D eigenvalue weighted by atomic mass is 10.1. The molecule has 132 valence electrons. The zero-order chi connectivity index (χ0) is 18.8. The Morgan fingerprint density at radius 1 is 1.19 bits per heavy atom. The van der Waals surface area contributed by atoms with Gasteiger partial charge < -0.3 is 9.80 Å². The van der Waals surface area contributed by atoms with Crippen molar-refractivity contribution in [2.45, 2.75) is 0 Å². The molecule has 0 N–H and O–H groups in total. The minimum atomic E-state index is -0.440. The van der Waals surface area contributed by atoms with E-state index in [-0.39, 0.29) is 17.3 Å². The van der Waals surface area contributed by atoms with Gasteiger partial charge in [-0.15, -0.1) is 5.10 Å². The maximum absolute atomic E-state index is 12.3. The number of carbonyl (C=O) groups is 1. The summed E-state index contributed by atoms with van der Waals surface area (Å²) in [7, 11) is 5.15. The van der Waals surface area contributed by atoms with Gasteiger partial charge in [-0.3, -0.25) is 14.9 Å². The summed E-state index contributed by atoms with van der Waals surface area (Å²) in [5.41, 5.74) is 2.75. The van der Waals surface area contributed by atoms with Gasteiger partial charge in [-0.05, 0) is 12.1 Å². The van der Waals surface area contributed by atoms with E-state index >= 15 is 0 Å². The summed E-state index contributed by atoms with van der Waals surface area (Å²) in [6.45, 7) is 0. The number of fused-ring (bicyclic) bond motifs is 1. The largest absolute Gasteiger partial charge is 0.372 e. The van der Waals surface area contributed by atoms with Crippen molar-refractivity contribution in [1.82, 2.24) is 0 Å². The van der Waals surface area contributed by atoms with Gasteiger partial charge >= 0.3 is 0 Å². The second-order valence-electron chi connectivity index (χ2n) is 5.97. The summed E-state index contributed by atoms with van der Waals surface area (Å²) in [5.74, 6) is -0.239. The fraction of sp³-hybridized carbons (Fsp3) is 0.167. The van der Waals surface area contributed by atoms with Gasteiger partial charge in [0.2, 0.25) is 0 Å². The van der Waals surface area contributed by atoms with E-state index in [9.17, 15) is 14.9 Å². The number of amides is 1. The van der Waals surface area contributed by atoms with E-state index in [4.69, 9.17) is 0 Å². The van der Waals surface area contributed by atoms with Crippen LogP contribution in [0.1, 0.15) is 11.1 Å². The van der Waals surface area contributed by atoms with E-state index in [1.807, 2.05) is 24.3 Å². The van der Waals surface area contributed by atoms with E-state index in [1.54, 1.807) is 38.2 Å². The normalized spacial score (nSPS) is 15.0. The summed E-state index contributed by atoms with van der Waals surface area (Å²) in [4.78, 5) is 26.3. The van der Waals surface area contributed by atoms with Gasteiger partial charge in [0.05, 0.1) is 16.8 Å². The number of nitro groups is 1. The first-order valence-corrected chi connectivity index (χ1v) is 7.84. The number of likely N-dealkylation sites (N-methyl/N-ethyl adjacent to an activating group) is 1. The molecule has 0 spiro atoms. The molecule has 1 amide bonds. The van der Waals surface area contributed by atoms with Crippen LogP contribution in [0.15, 0.2) is 52.7 Å². The highest BCUT2D eigenvalue weighted by atomic mass is 16.6. The Balaban J connectivity index is 1.92. The predicted molar refractivity (Wildman–Crippen MR) is 101 cm³/mol. The minimum absolute atomic E-state index is 0.0198. The van der Waals surface area contributed by atoms with Crippen molar-refractivity contribution < 1.29 is 9.72 Å². The third-order valence-corrected chi connectivity index (χ3v) is 4.07. The Kier molecular flexibility index (Phi) is 4.49. The quantitative estimate of drug-likeness (QED) is 0.480. The second-order valence-corrected chi connectivity index (χ2v) is 5.97. The van der Waals surface area contributed by atoms with Crippen molar-refractivity contribution in [3.63, 3.8) is 0 Å². The highest BCUT2D eigenvalue weighted by Crippen LogP contribution is 2.28. The summed E-state index contributed by atoms with van der Waals surface area (Å²) in [6.07, 6.45) is 1.40. The molecular formula is C18H17N5O3. The Labute approximate surface area is 150 Å². The molecule has 2 aromatic carbocycles. The molecule has 1 heterocycles. The fourth-order valence-corrected chi connectivity index (χ4v) is 2.74. The van der Waals surface area contributed by atoms with Crippen molar-refractivity contribution in [3.8, 4) is 0 Å². The van der Waals surface area contributed by atoms with Crippen molar-refractivity contribution >= 4 is 34.9 Å². The van der Waals surface area contributed by atoms with Crippen LogP contribution < -0.4 is 9.80 Å². The first kappa shape index (κ1) is 17.3. The van der Waals surface area contributed by atoms with Crippen LogP contribution in [0.4, 0.5) is 17.1 Å².